The Morgan fingerprint density at radius 2 is 1.50 bits per heavy atom. The number of methoxy groups -OCH3 is 2. The van der Waals surface area contributed by atoms with E-state index >= 15 is 0 Å². The molecule has 1 aliphatic heterocycles. The van der Waals surface area contributed by atoms with Gasteiger partial charge in [0.25, 0.3) is 5.91 Å². The molecule has 6 heteroatoms. The van der Waals surface area contributed by atoms with Gasteiger partial charge in [0, 0.05) is 24.7 Å². The number of nitrogens with zero attached hydrogens (tertiary/aromatic N) is 1. The maximum Gasteiger partial charge on any atom is 0.339 e. The lowest BCUT2D eigenvalue weighted by Crippen LogP contribution is -2.40. The molecule has 1 amide bonds. The largest absolute Gasteiger partial charge is 0.497 e. The summed E-state index contributed by atoms with van der Waals surface area (Å²) in [6, 6.07) is 13.9. The molecule has 1 fully saturated rings. The van der Waals surface area contributed by atoms with E-state index in [1.165, 1.54) is 14.2 Å². The highest BCUT2D eigenvalue weighted by Crippen LogP contribution is 2.27. The van der Waals surface area contributed by atoms with Crippen molar-refractivity contribution >= 4 is 11.9 Å². The lowest BCUT2D eigenvalue weighted by molar-refractivity contribution is -0.142. The third-order valence-electron chi connectivity index (χ3n) is 4.81. The molecule has 28 heavy (non-hydrogen) atoms. The van der Waals surface area contributed by atoms with E-state index in [9.17, 15) is 9.59 Å². The van der Waals surface area contributed by atoms with Crippen LogP contribution in [0.2, 0.25) is 0 Å². The zero-order chi connectivity index (χ0) is 19.9. The van der Waals surface area contributed by atoms with Crippen molar-refractivity contribution in [2.45, 2.75) is 25.4 Å². The SMILES string of the molecule is COc1cc(OC)cc(C(=O)O[C@H](C(=O)N2CCCCC2)c2ccccc2)c1. The first-order valence-corrected chi connectivity index (χ1v) is 9.40. The zero-order valence-electron chi connectivity index (χ0n) is 16.2. The Morgan fingerprint density at radius 1 is 0.893 bits per heavy atom. The molecule has 0 saturated carbocycles. The maximum absolute atomic E-state index is 13.1. The Morgan fingerprint density at radius 3 is 2.07 bits per heavy atom. The molecule has 6 nitrogen and oxygen atoms in total. The number of amides is 1. The standard InChI is InChI=1S/C22H25NO5/c1-26-18-13-17(14-19(15-18)27-2)22(25)28-20(16-9-5-3-6-10-16)21(24)23-11-7-4-8-12-23/h3,5-6,9-10,13-15,20H,4,7-8,11-12H2,1-2H3/t20-/m0/s1. The molecule has 0 aliphatic carbocycles. The van der Waals surface area contributed by atoms with Crippen LogP contribution in [0.5, 0.6) is 11.5 Å². The van der Waals surface area contributed by atoms with E-state index in [2.05, 4.69) is 0 Å². The van der Waals surface area contributed by atoms with Crippen LogP contribution >= 0.6 is 0 Å². The lowest BCUT2D eigenvalue weighted by Gasteiger charge is -2.30. The number of hydrogen-bond acceptors (Lipinski definition) is 5. The van der Waals surface area contributed by atoms with Crippen molar-refractivity contribution < 1.29 is 23.8 Å². The van der Waals surface area contributed by atoms with Crippen LogP contribution in [-0.2, 0) is 9.53 Å². The fourth-order valence-electron chi connectivity index (χ4n) is 3.27. The normalized spacial score (nSPS) is 14.9. The van der Waals surface area contributed by atoms with Crippen LogP contribution in [0.1, 0.15) is 41.3 Å². The van der Waals surface area contributed by atoms with Gasteiger partial charge < -0.3 is 19.1 Å². The molecule has 0 spiro atoms. The van der Waals surface area contributed by atoms with E-state index in [1.54, 1.807) is 35.2 Å². The van der Waals surface area contributed by atoms with E-state index in [-0.39, 0.29) is 11.5 Å². The second-order valence-electron chi connectivity index (χ2n) is 6.68. The van der Waals surface area contributed by atoms with Crippen LogP contribution in [0.4, 0.5) is 0 Å². The van der Waals surface area contributed by atoms with E-state index in [0.29, 0.717) is 30.2 Å². The van der Waals surface area contributed by atoms with Gasteiger partial charge in [-0.2, -0.15) is 0 Å². The van der Waals surface area contributed by atoms with Crippen molar-refractivity contribution in [3.63, 3.8) is 0 Å². The number of likely N-dealkylation sites (tertiary alicyclic amines) is 1. The van der Waals surface area contributed by atoms with E-state index in [4.69, 9.17) is 14.2 Å². The van der Waals surface area contributed by atoms with E-state index in [1.807, 2.05) is 18.2 Å². The monoisotopic (exact) mass is 383 g/mol. The van der Waals surface area contributed by atoms with Gasteiger partial charge in [0.2, 0.25) is 6.10 Å². The van der Waals surface area contributed by atoms with Gasteiger partial charge in [-0.1, -0.05) is 30.3 Å². The Kier molecular flexibility index (Phi) is 6.53. The van der Waals surface area contributed by atoms with Gasteiger partial charge >= 0.3 is 5.97 Å². The van der Waals surface area contributed by atoms with Gasteiger partial charge in [-0.05, 0) is 31.4 Å². The Labute approximate surface area is 165 Å². The number of rotatable bonds is 6. The van der Waals surface area contributed by atoms with Gasteiger partial charge in [0.15, 0.2) is 0 Å². The predicted molar refractivity (Wildman–Crippen MR) is 105 cm³/mol. The maximum atomic E-state index is 13.1. The number of carbonyl (C=O) groups is 2. The second kappa shape index (κ2) is 9.26. The lowest BCUT2D eigenvalue weighted by atomic mass is 10.1. The minimum Gasteiger partial charge on any atom is -0.497 e. The number of ether oxygens (including phenoxy) is 3. The van der Waals surface area contributed by atoms with Gasteiger partial charge in [0.1, 0.15) is 11.5 Å². The van der Waals surface area contributed by atoms with Gasteiger partial charge in [-0.25, -0.2) is 4.79 Å². The number of benzene rings is 2. The highest BCUT2D eigenvalue weighted by molar-refractivity contribution is 5.93. The van der Waals surface area contributed by atoms with Crippen LogP contribution < -0.4 is 9.47 Å². The average molecular weight is 383 g/mol. The number of carbonyl (C=O) groups excluding carboxylic acids is 2. The van der Waals surface area contributed by atoms with E-state index in [0.717, 1.165) is 19.3 Å². The smallest absolute Gasteiger partial charge is 0.339 e. The molecule has 1 heterocycles. The summed E-state index contributed by atoms with van der Waals surface area (Å²) in [5.74, 6) is 0.167. The molecule has 1 aliphatic rings. The van der Waals surface area contributed by atoms with Crippen LogP contribution in [0.25, 0.3) is 0 Å². The van der Waals surface area contributed by atoms with Crippen molar-refractivity contribution in [2.75, 3.05) is 27.3 Å². The molecule has 148 valence electrons. The predicted octanol–water partition coefficient (Wildman–Crippen LogP) is 3.61. The van der Waals surface area contributed by atoms with Crippen molar-refractivity contribution in [3.05, 3.63) is 59.7 Å². The summed E-state index contributed by atoms with van der Waals surface area (Å²) in [5.41, 5.74) is 0.921. The average Bonchev–Trinajstić information content (AvgIpc) is 2.77. The number of hydrogen-bond donors (Lipinski definition) is 0. The van der Waals surface area contributed by atoms with Crippen LogP contribution in [-0.4, -0.2) is 44.1 Å². The quantitative estimate of drug-likeness (QED) is 0.713. The Hall–Kier alpha value is -3.02. The third-order valence-corrected chi connectivity index (χ3v) is 4.81. The van der Waals surface area contributed by atoms with Gasteiger partial charge in [-0.3, -0.25) is 4.79 Å². The molecule has 2 aromatic carbocycles. The first-order chi connectivity index (χ1) is 13.6. The molecular weight excluding hydrogens is 358 g/mol. The molecule has 0 bridgehead atoms. The molecule has 2 aromatic rings. The molecule has 3 rings (SSSR count). The summed E-state index contributed by atoms with van der Waals surface area (Å²) in [6.45, 7) is 1.37. The highest BCUT2D eigenvalue weighted by atomic mass is 16.5. The minimum atomic E-state index is -0.982. The summed E-state index contributed by atoms with van der Waals surface area (Å²) < 4.78 is 16.1. The summed E-state index contributed by atoms with van der Waals surface area (Å²) in [7, 11) is 3.02. The molecular formula is C22H25NO5. The summed E-state index contributed by atoms with van der Waals surface area (Å²) in [4.78, 5) is 27.7. The molecule has 0 unspecified atom stereocenters. The molecule has 0 aromatic heterocycles. The molecule has 0 radical (unpaired) electrons. The fourth-order valence-corrected chi connectivity index (χ4v) is 3.27. The van der Waals surface area contributed by atoms with Crippen molar-refractivity contribution in [2.24, 2.45) is 0 Å². The zero-order valence-corrected chi connectivity index (χ0v) is 16.2. The molecule has 1 atom stereocenters. The summed E-state index contributed by atoms with van der Waals surface area (Å²) >= 11 is 0. The van der Waals surface area contributed by atoms with E-state index < -0.39 is 12.1 Å². The summed E-state index contributed by atoms with van der Waals surface area (Å²) in [6.07, 6.45) is 2.06. The Balaban J connectivity index is 1.87. The van der Waals surface area contributed by atoms with Crippen LogP contribution in [0.15, 0.2) is 48.5 Å². The van der Waals surface area contributed by atoms with Crippen molar-refractivity contribution in [3.8, 4) is 11.5 Å². The second-order valence-corrected chi connectivity index (χ2v) is 6.68. The topological polar surface area (TPSA) is 65.1 Å². The van der Waals surface area contributed by atoms with Gasteiger partial charge in [-0.15, -0.1) is 0 Å². The Bertz CT molecular complexity index is 793. The minimum absolute atomic E-state index is 0.186. The highest BCUT2D eigenvalue weighted by Gasteiger charge is 2.30. The van der Waals surface area contributed by atoms with Crippen molar-refractivity contribution in [1.29, 1.82) is 0 Å². The van der Waals surface area contributed by atoms with Crippen molar-refractivity contribution in [1.82, 2.24) is 4.90 Å². The molecule has 0 N–H and O–H groups in total. The van der Waals surface area contributed by atoms with Crippen LogP contribution in [0.3, 0.4) is 0 Å². The van der Waals surface area contributed by atoms with Crippen LogP contribution in [0, 0.1) is 0 Å². The first kappa shape index (κ1) is 19.7. The fraction of sp³-hybridized carbons (Fsp3) is 0.364. The van der Waals surface area contributed by atoms with Gasteiger partial charge in [0.05, 0.1) is 19.8 Å². The number of piperidine rings is 1. The molecule has 1 saturated heterocycles. The third kappa shape index (κ3) is 4.63. The first-order valence-electron chi connectivity index (χ1n) is 9.40. The summed E-state index contributed by atoms with van der Waals surface area (Å²) in [5, 5.41) is 0. The number of esters is 1.